The second-order valence-electron chi connectivity index (χ2n) is 9.14. The van der Waals surface area contributed by atoms with Crippen LogP contribution in [0.15, 0.2) is 18.2 Å². The number of rotatable bonds is 5. The van der Waals surface area contributed by atoms with Crippen molar-refractivity contribution in [1.82, 2.24) is 14.8 Å². The van der Waals surface area contributed by atoms with E-state index in [2.05, 4.69) is 15.2 Å². The molecule has 1 fully saturated rings. The molecule has 3 N–H and O–H groups in total. The number of β-amino-alcohol motifs (C(OH)–C–C–N with tert-alkyl or cyclic N) is 1. The van der Waals surface area contributed by atoms with Gasteiger partial charge in [-0.3, -0.25) is 14.5 Å². The number of carbonyl (C=O) groups is 2. The number of fused-ring (bicyclic) bond motifs is 2. The topological polar surface area (TPSA) is 97.9 Å². The van der Waals surface area contributed by atoms with Gasteiger partial charge in [-0.25, -0.2) is 0 Å². The number of anilines is 1. The zero-order valence-corrected chi connectivity index (χ0v) is 20.0. The molecule has 5 rings (SSSR count). The number of halogens is 1. The number of nitrogens with one attached hydrogen (secondary N) is 2. The number of aliphatic hydroxyl groups excluding tert-OH is 1. The Balaban J connectivity index is 1.38. The first-order valence-corrected chi connectivity index (χ1v) is 12.1. The number of H-pyrrole nitrogens is 1. The molecule has 1 unspecified atom stereocenters. The Hall–Kier alpha value is -2.65. The average molecular weight is 485 g/mol. The summed E-state index contributed by atoms with van der Waals surface area (Å²) in [6.07, 6.45) is 2.72. The summed E-state index contributed by atoms with van der Waals surface area (Å²) in [5.74, 6) is -0.271. The zero-order valence-electron chi connectivity index (χ0n) is 19.2. The lowest BCUT2D eigenvalue weighted by atomic mass is 10.0. The van der Waals surface area contributed by atoms with Crippen LogP contribution in [0.25, 0.3) is 11.6 Å². The van der Waals surface area contributed by atoms with Crippen molar-refractivity contribution in [2.45, 2.75) is 25.9 Å². The SMILES string of the molecule is Cc1c(/C=C2\C(=O)Nc3ccc(Cl)cc32)[nH]c2c1C(=O)N(CC(O)CN1CCOCC1)CCC2. The molecule has 0 saturated carbocycles. The van der Waals surface area contributed by atoms with Crippen molar-refractivity contribution < 1.29 is 19.4 Å². The predicted octanol–water partition coefficient (Wildman–Crippen LogP) is 2.55. The standard InChI is InChI=1S/C25H29ClN4O4/c1-15-22(12-19-18-11-16(26)4-5-20(18)28-24(19)32)27-21-3-2-6-30(25(33)23(15)21)14-17(31)13-29-7-9-34-10-8-29/h4-5,11-12,17,27,31H,2-3,6-10,13-14H2,1H3,(H,28,32)/b19-12-. The van der Waals surface area contributed by atoms with Gasteiger partial charge in [0.15, 0.2) is 0 Å². The van der Waals surface area contributed by atoms with E-state index in [0.29, 0.717) is 49.0 Å². The largest absolute Gasteiger partial charge is 0.390 e. The van der Waals surface area contributed by atoms with Crippen molar-refractivity contribution in [3.8, 4) is 0 Å². The van der Waals surface area contributed by atoms with Crippen LogP contribution in [0.3, 0.4) is 0 Å². The summed E-state index contributed by atoms with van der Waals surface area (Å²) >= 11 is 6.16. The van der Waals surface area contributed by atoms with Gasteiger partial charge in [-0.05, 0) is 49.6 Å². The molecular formula is C25H29ClN4O4. The number of carbonyl (C=O) groups excluding carboxylic acids is 2. The number of hydrogen-bond donors (Lipinski definition) is 3. The van der Waals surface area contributed by atoms with E-state index < -0.39 is 6.10 Å². The van der Waals surface area contributed by atoms with Crippen LogP contribution < -0.4 is 5.32 Å². The molecule has 1 aromatic carbocycles. The van der Waals surface area contributed by atoms with E-state index in [4.69, 9.17) is 16.3 Å². The Morgan fingerprint density at radius 2 is 2.00 bits per heavy atom. The highest BCUT2D eigenvalue weighted by molar-refractivity contribution is 6.36. The number of aromatic nitrogens is 1. The van der Waals surface area contributed by atoms with Crippen molar-refractivity contribution in [3.05, 3.63) is 51.3 Å². The molecule has 3 aliphatic heterocycles. The highest BCUT2D eigenvalue weighted by Gasteiger charge is 2.30. The number of ether oxygens (including phenoxy) is 1. The maximum absolute atomic E-state index is 13.5. The molecule has 180 valence electrons. The van der Waals surface area contributed by atoms with Crippen molar-refractivity contribution in [2.24, 2.45) is 0 Å². The fourth-order valence-electron chi connectivity index (χ4n) is 5.02. The van der Waals surface area contributed by atoms with Crippen LogP contribution in [0.4, 0.5) is 5.69 Å². The second-order valence-corrected chi connectivity index (χ2v) is 9.58. The van der Waals surface area contributed by atoms with Crippen LogP contribution in [-0.2, 0) is 16.0 Å². The molecule has 1 saturated heterocycles. The first kappa shape index (κ1) is 23.1. The molecule has 0 aliphatic carbocycles. The fourth-order valence-corrected chi connectivity index (χ4v) is 5.20. The van der Waals surface area contributed by atoms with Gasteiger partial charge in [-0.2, -0.15) is 0 Å². The molecule has 1 atom stereocenters. The van der Waals surface area contributed by atoms with Crippen LogP contribution >= 0.6 is 11.6 Å². The normalized spacial score (nSPS) is 20.8. The summed E-state index contributed by atoms with van der Waals surface area (Å²) in [6.45, 7) is 6.27. The van der Waals surface area contributed by atoms with E-state index in [-0.39, 0.29) is 11.8 Å². The number of aromatic amines is 1. The van der Waals surface area contributed by atoms with Crippen LogP contribution in [0.5, 0.6) is 0 Å². The number of aliphatic hydroxyl groups is 1. The molecule has 0 bridgehead atoms. The van der Waals surface area contributed by atoms with Gasteiger partial charge in [0.1, 0.15) is 0 Å². The van der Waals surface area contributed by atoms with Crippen molar-refractivity contribution in [2.75, 3.05) is 51.3 Å². The van der Waals surface area contributed by atoms with Gasteiger partial charge in [0, 0.05) is 60.4 Å². The van der Waals surface area contributed by atoms with Crippen LogP contribution in [0.1, 0.15) is 39.3 Å². The summed E-state index contributed by atoms with van der Waals surface area (Å²) in [7, 11) is 0. The summed E-state index contributed by atoms with van der Waals surface area (Å²) in [5, 5.41) is 14.1. The summed E-state index contributed by atoms with van der Waals surface area (Å²) in [6, 6.07) is 5.30. The number of hydrogen-bond acceptors (Lipinski definition) is 5. The minimum Gasteiger partial charge on any atom is -0.390 e. The minimum atomic E-state index is -0.618. The fraction of sp³-hybridized carbons (Fsp3) is 0.440. The van der Waals surface area contributed by atoms with E-state index in [1.807, 2.05) is 6.92 Å². The van der Waals surface area contributed by atoms with Crippen molar-refractivity contribution in [3.63, 3.8) is 0 Å². The van der Waals surface area contributed by atoms with E-state index >= 15 is 0 Å². The highest BCUT2D eigenvalue weighted by atomic mass is 35.5. The second kappa shape index (κ2) is 9.54. The number of amides is 2. The molecule has 34 heavy (non-hydrogen) atoms. The third-order valence-corrected chi connectivity index (χ3v) is 7.01. The van der Waals surface area contributed by atoms with Crippen LogP contribution in [0.2, 0.25) is 5.02 Å². The molecule has 0 radical (unpaired) electrons. The van der Waals surface area contributed by atoms with Gasteiger partial charge < -0.3 is 25.0 Å². The van der Waals surface area contributed by atoms with E-state index in [9.17, 15) is 14.7 Å². The monoisotopic (exact) mass is 484 g/mol. The number of morpholine rings is 1. The maximum atomic E-state index is 13.5. The summed E-state index contributed by atoms with van der Waals surface area (Å²) in [4.78, 5) is 33.4. The zero-order chi connectivity index (χ0) is 23.8. The molecule has 9 heteroatoms. The molecular weight excluding hydrogens is 456 g/mol. The molecule has 3 aliphatic rings. The lowest BCUT2D eigenvalue weighted by Crippen LogP contribution is -2.46. The quantitative estimate of drug-likeness (QED) is 0.567. The highest BCUT2D eigenvalue weighted by Crippen LogP contribution is 2.36. The third kappa shape index (κ3) is 4.51. The van der Waals surface area contributed by atoms with E-state index in [1.165, 1.54) is 0 Å². The third-order valence-electron chi connectivity index (χ3n) is 6.78. The van der Waals surface area contributed by atoms with Crippen LogP contribution in [-0.4, -0.2) is 83.7 Å². The Bertz CT molecular complexity index is 1150. The first-order valence-electron chi connectivity index (χ1n) is 11.7. The van der Waals surface area contributed by atoms with Gasteiger partial charge in [0.25, 0.3) is 11.8 Å². The Kier molecular flexibility index (Phi) is 6.48. The maximum Gasteiger partial charge on any atom is 0.256 e. The number of aryl methyl sites for hydroxylation is 1. The van der Waals surface area contributed by atoms with Gasteiger partial charge in [0.2, 0.25) is 0 Å². The first-order chi connectivity index (χ1) is 16.4. The smallest absolute Gasteiger partial charge is 0.256 e. The lowest BCUT2D eigenvalue weighted by Gasteiger charge is -2.31. The van der Waals surface area contributed by atoms with Gasteiger partial charge in [-0.1, -0.05) is 11.6 Å². The Labute approximate surface area is 203 Å². The molecule has 0 spiro atoms. The average Bonchev–Trinajstić information content (AvgIpc) is 3.23. The van der Waals surface area contributed by atoms with Crippen molar-refractivity contribution in [1.29, 1.82) is 0 Å². The summed E-state index contributed by atoms with van der Waals surface area (Å²) < 4.78 is 5.37. The number of nitrogens with zero attached hydrogens (tertiary/aromatic N) is 2. The van der Waals surface area contributed by atoms with Crippen LogP contribution in [0, 0.1) is 6.92 Å². The Morgan fingerprint density at radius 1 is 1.21 bits per heavy atom. The summed E-state index contributed by atoms with van der Waals surface area (Å²) in [5.41, 5.74) is 5.07. The molecule has 2 amide bonds. The van der Waals surface area contributed by atoms with E-state index in [0.717, 1.165) is 54.1 Å². The van der Waals surface area contributed by atoms with Gasteiger partial charge >= 0.3 is 0 Å². The molecule has 2 aromatic rings. The predicted molar refractivity (Wildman–Crippen MR) is 131 cm³/mol. The molecule has 1 aromatic heterocycles. The van der Waals surface area contributed by atoms with Crippen molar-refractivity contribution >= 4 is 40.8 Å². The molecule has 4 heterocycles. The molecule has 8 nitrogen and oxygen atoms in total. The van der Waals surface area contributed by atoms with Gasteiger partial charge in [-0.15, -0.1) is 0 Å². The Morgan fingerprint density at radius 3 is 2.79 bits per heavy atom. The van der Waals surface area contributed by atoms with E-state index in [1.54, 1.807) is 29.2 Å². The lowest BCUT2D eigenvalue weighted by molar-refractivity contribution is -0.110. The van der Waals surface area contributed by atoms with Gasteiger partial charge in [0.05, 0.1) is 30.5 Å². The minimum absolute atomic E-state index is 0.0776. The number of benzene rings is 1.